The molecule has 0 aliphatic heterocycles. The number of thiazole rings is 1. The molecule has 0 fully saturated rings. The molecule has 0 atom stereocenters. The van der Waals surface area contributed by atoms with Crippen molar-refractivity contribution in [2.75, 3.05) is 24.4 Å². The van der Waals surface area contributed by atoms with Gasteiger partial charge >= 0.3 is 0 Å². The first-order valence-corrected chi connectivity index (χ1v) is 10.7. The van der Waals surface area contributed by atoms with Crippen LogP contribution in [0.2, 0.25) is 5.02 Å². The number of aromatic nitrogens is 1. The van der Waals surface area contributed by atoms with Gasteiger partial charge in [0.15, 0.2) is 0 Å². The van der Waals surface area contributed by atoms with Crippen molar-refractivity contribution in [3.63, 3.8) is 0 Å². The topological polar surface area (TPSA) is 40.5 Å². The molecule has 0 spiro atoms. The average Bonchev–Trinajstić information content (AvgIpc) is 3.19. The Balaban J connectivity index is 1.60. The summed E-state index contributed by atoms with van der Waals surface area (Å²) < 4.78 is 0. The van der Waals surface area contributed by atoms with Crippen LogP contribution in [0, 0.1) is 0 Å². The minimum atomic E-state index is 0.716. The third-order valence-electron chi connectivity index (χ3n) is 4.56. The van der Waals surface area contributed by atoms with Crippen LogP contribution in [0.15, 0.2) is 84.0 Å². The second-order valence-electron chi connectivity index (χ2n) is 6.93. The van der Waals surface area contributed by atoms with Gasteiger partial charge in [-0.3, -0.25) is 5.43 Å². The van der Waals surface area contributed by atoms with E-state index in [0.29, 0.717) is 5.02 Å². The van der Waals surface area contributed by atoms with E-state index in [4.69, 9.17) is 16.6 Å². The minimum Gasteiger partial charge on any atom is -0.378 e. The van der Waals surface area contributed by atoms with Crippen LogP contribution in [0.5, 0.6) is 0 Å². The highest BCUT2D eigenvalue weighted by Gasteiger charge is 2.14. The predicted octanol–water partition coefficient (Wildman–Crippen LogP) is 6.64. The van der Waals surface area contributed by atoms with Crippen LogP contribution in [-0.2, 0) is 0 Å². The normalized spacial score (nSPS) is 11.0. The molecule has 0 unspecified atom stereocenters. The molecular weight excluding hydrogens is 412 g/mol. The number of benzene rings is 3. The van der Waals surface area contributed by atoms with Gasteiger partial charge in [0.25, 0.3) is 0 Å². The molecule has 1 heterocycles. The number of hydrazone groups is 1. The second kappa shape index (κ2) is 9.11. The lowest BCUT2D eigenvalue weighted by molar-refractivity contribution is 1.13. The Hall–Kier alpha value is -3.15. The van der Waals surface area contributed by atoms with Crippen molar-refractivity contribution in [1.82, 2.24) is 4.98 Å². The van der Waals surface area contributed by atoms with Gasteiger partial charge in [-0.05, 0) is 35.4 Å². The minimum absolute atomic E-state index is 0.716. The first-order valence-electron chi connectivity index (χ1n) is 9.49. The maximum atomic E-state index is 6.07. The molecule has 30 heavy (non-hydrogen) atoms. The predicted molar refractivity (Wildman–Crippen MR) is 130 cm³/mol. The molecule has 4 aromatic rings. The summed E-state index contributed by atoms with van der Waals surface area (Å²) in [4.78, 5) is 7.94. The van der Waals surface area contributed by atoms with Crippen molar-refractivity contribution in [2.24, 2.45) is 5.10 Å². The fourth-order valence-corrected chi connectivity index (χ4v) is 4.05. The Kier molecular flexibility index (Phi) is 6.12. The van der Waals surface area contributed by atoms with E-state index in [9.17, 15) is 0 Å². The van der Waals surface area contributed by atoms with E-state index in [2.05, 4.69) is 39.7 Å². The quantitative estimate of drug-likeness (QED) is 0.274. The standard InChI is InChI=1S/C24H21ClN4S/c1-29(2)21-14-8-17(9-15-21)16-26-28-24-27-22(18-6-4-3-5-7-18)23(30-24)19-10-12-20(25)13-11-19/h3-16H,1-2H3,(H,27,28)/b26-16-. The van der Waals surface area contributed by atoms with Gasteiger partial charge in [0.1, 0.15) is 0 Å². The summed E-state index contributed by atoms with van der Waals surface area (Å²) in [5, 5.41) is 5.83. The van der Waals surface area contributed by atoms with Crippen LogP contribution in [0.3, 0.4) is 0 Å². The van der Waals surface area contributed by atoms with Gasteiger partial charge in [-0.1, -0.05) is 77.5 Å². The van der Waals surface area contributed by atoms with E-state index in [1.807, 2.05) is 68.7 Å². The molecule has 0 amide bonds. The Bertz CT molecular complexity index is 1130. The SMILES string of the molecule is CN(C)c1ccc(/C=N\Nc2nc(-c3ccccc3)c(-c3ccc(Cl)cc3)s2)cc1. The number of nitrogens with one attached hydrogen (secondary N) is 1. The fraction of sp³-hybridized carbons (Fsp3) is 0.0833. The molecule has 0 saturated carbocycles. The monoisotopic (exact) mass is 432 g/mol. The number of hydrogen-bond donors (Lipinski definition) is 1. The molecule has 150 valence electrons. The van der Waals surface area contributed by atoms with E-state index >= 15 is 0 Å². The van der Waals surface area contributed by atoms with Crippen molar-refractivity contribution in [1.29, 1.82) is 0 Å². The Morgan fingerprint density at radius 3 is 2.27 bits per heavy atom. The summed E-state index contributed by atoms with van der Waals surface area (Å²) in [6.45, 7) is 0. The molecule has 0 aliphatic carbocycles. The summed E-state index contributed by atoms with van der Waals surface area (Å²) in [7, 11) is 4.05. The van der Waals surface area contributed by atoms with Gasteiger partial charge in [0, 0.05) is 30.4 Å². The van der Waals surface area contributed by atoms with Crippen molar-refractivity contribution in [2.45, 2.75) is 0 Å². The van der Waals surface area contributed by atoms with Crippen LogP contribution in [0.4, 0.5) is 10.8 Å². The first-order chi connectivity index (χ1) is 14.6. The number of nitrogens with zero attached hydrogens (tertiary/aromatic N) is 3. The summed E-state index contributed by atoms with van der Waals surface area (Å²) in [6.07, 6.45) is 1.80. The second-order valence-corrected chi connectivity index (χ2v) is 8.36. The van der Waals surface area contributed by atoms with E-state index < -0.39 is 0 Å². The maximum Gasteiger partial charge on any atom is 0.204 e. The molecule has 0 bridgehead atoms. The lowest BCUT2D eigenvalue weighted by Gasteiger charge is -2.11. The molecule has 0 aliphatic rings. The van der Waals surface area contributed by atoms with Gasteiger partial charge < -0.3 is 4.90 Å². The lowest BCUT2D eigenvalue weighted by atomic mass is 10.1. The van der Waals surface area contributed by atoms with Crippen molar-refractivity contribution >= 4 is 40.0 Å². The summed E-state index contributed by atoms with van der Waals surface area (Å²) in [5.41, 5.74) is 8.32. The molecule has 6 heteroatoms. The van der Waals surface area contributed by atoms with Crippen LogP contribution in [0.1, 0.15) is 5.56 Å². The van der Waals surface area contributed by atoms with Crippen LogP contribution in [-0.4, -0.2) is 25.3 Å². The molecule has 0 saturated heterocycles. The summed E-state index contributed by atoms with van der Waals surface area (Å²) in [5.74, 6) is 0. The smallest absolute Gasteiger partial charge is 0.204 e. The van der Waals surface area contributed by atoms with Crippen LogP contribution in [0.25, 0.3) is 21.7 Å². The maximum absolute atomic E-state index is 6.07. The zero-order valence-electron chi connectivity index (χ0n) is 16.7. The molecular formula is C24H21ClN4S. The van der Waals surface area contributed by atoms with Crippen molar-refractivity contribution in [3.8, 4) is 21.7 Å². The largest absolute Gasteiger partial charge is 0.378 e. The van der Waals surface area contributed by atoms with Gasteiger partial charge in [-0.25, -0.2) is 4.98 Å². The first kappa shape index (κ1) is 20.1. The van der Waals surface area contributed by atoms with Gasteiger partial charge in [-0.2, -0.15) is 5.10 Å². The van der Waals surface area contributed by atoms with Crippen molar-refractivity contribution in [3.05, 3.63) is 89.4 Å². The molecule has 1 N–H and O–H groups in total. The molecule has 1 aromatic heterocycles. The highest BCUT2D eigenvalue weighted by Crippen LogP contribution is 2.39. The Morgan fingerprint density at radius 2 is 1.60 bits per heavy atom. The van der Waals surface area contributed by atoms with Crippen LogP contribution < -0.4 is 10.3 Å². The molecule has 3 aromatic carbocycles. The third kappa shape index (κ3) is 4.70. The Labute approximate surface area is 185 Å². The summed E-state index contributed by atoms with van der Waals surface area (Å²) in [6, 6.07) is 26.2. The molecule has 0 radical (unpaired) electrons. The van der Waals surface area contributed by atoms with Gasteiger partial charge in [0.2, 0.25) is 5.13 Å². The molecule has 4 rings (SSSR count). The number of anilines is 2. The number of rotatable bonds is 6. The highest BCUT2D eigenvalue weighted by atomic mass is 35.5. The van der Waals surface area contributed by atoms with Crippen LogP contribution >= 0.6 is 22.9 Å². The molecule has 4 nitrogen and oxygen atoms in total. The zero-order chi connectivity index (χ0) is 20.9. The number of hydrogen-bond acceptors (Lipinski definition) is 5. The highest BCUT2D eigenvalue weighted by molar-refractivity contribution is 7.19. The lowest BCUT2D eigenvalue weighted by Crippen LogP contribution is -2.08. The Morgan fingerprint density at radius 1 is 0.900 bits per heavy atom. The van der Waals surface area contributed by atoms with Gasteiger partial charge in [-0.15, -0.1) is 0 Å². The third-order valence-corrected chi connectivity index (χ3v) is 5.83. The van der Waals surface area contributed by atoms with Crippen molar-refractivity contribution < 1.29 is 0 Å². The fourth-order valence-electron chi connectivity index (χ4n) is 2.98. The van der Waals surface area contributed by atoms with E-state index in [1.54, 1.807) is 17.6 Å². The van der Waals surface area contributed by atoms with E-state index in [0.717, 1.165) is 38.1 Å². The van der Waals surface area contributed by atoms with E-state index in [-0.39, 0.29) is 0 Å². The summed E-state index contributed by atoms with van der Waals surface area (Å²) >= 11 is 7.64. The zero-order valence-corrected chi connectivity index (χ0v) is 18.3. The van der Waals surface area contributed by atoms with E-state index in [1.165, 1.54) is 0 Å². The van der Waals surface area contributed by atoms with Gasteiger partial charge in [0.05, 0.1) is 16.8 Å². The average molecular weight is 433 g/mol. The number of halogens is 1.